The monoisotopic (exact) mass is 314 g/mol. The summed E-state index contributed by atoms with van der Waals surface area (Å²) in [5.74, 6) is 0. The summed E-state index contributed by atoms with van der Waals surface area (Å²) in [6.07, 6.45) is 2.37. The van der Waals surface area contributed by atoms with Gasteiger partial charge < -0.3 is 0 Å². The minimum Gasteiger partial charge on any atom is -0.296 e. The number of hydrogen-bond acceptors (Lipinski definition) is 3. The summed E-state index contributed by atoms with van der Waals surface area (Å²) in [7, 11) is 0. The van der Waals surface area contributed by atoms with Gasteiger partial charge in [0.1, 0.15) is 10.3 Å². The van der Waals surface area contributed by atoms with Gasteiger partial charge in [0.25, 0.3) is 0 Å². The van der Waals surface area contributed by atoms with Crippen molar-refractivity contribution in [3.8, 4) is 0 Å². The van der Waals surface area contributed by atoms with E-state index in [0.29, 0.717) is 21.1 Å². The van der Waals surface area contributed by atoms with Gasteiger partial charge in [0, 0.05) is 11.6 Å². The number of carbonyl (C=O) groups is 1. The molecule has 0 atom stereocenters. The highest BCUT2D eigenvalue weighted by atomic mass is 79.9. The average molecular weight is 316 g/mol. The molecule has 2 rings (SSSR count). The van der Waals surface area contributed by atoms with Crippen molar-refractivity contribution >= 4 is 49.0 Å². The summed E-state index contributed by atoms with van der Waals surface area (Å²) in [5.41, 5.74) is 1.08. The zero-order valence-electron chi connectivity index (χ0n) is 6.87. The first-order chi connectivity index (χ1) is 6.74. The Morgan fingerprint density at radius 3 is 2.86 bits per heavy atom. The van der Waals surface area contributed by atoms with Crippen LogP contribution < -0.4 is 0 Å². The Balaban J connectivity index is 2.94. The lowest BCUT2D eigenvalue weighted by Gasteiger charge is -2.03. The molecule has 0 aromatic carbocycles. The second kappa shape index (κ2) is 3.74. The van der Waals surface area contributed by atoms with E-state index in [9.17, 15) is 4.79 Å². The molecule has 2 heterocycles. The third-order valence-electron chi connectivity index (χ3n) is 1.79. The summed E-state index contributed by atoms with van der Waals surface area (Å²) in [5, 5.41) is 0.880. The molecule has 14 heavy (non-hydrogen) atoms. The smallest absolute Gasteiger partial charge is 0.169 e. The number of nitrogens with zero attached hydrogens (tertiary/aromatic N) is 2. The summed E-state index contributed by atoms with van der Waals surface area (Å²) in [6, 6.07) is 3.71. The van der Waals surface area contributed by atoms with Crippen molar-refractivity contribution in [3.63, 3.8) is 0 Å². The molecule has 0 unspecified atom stereocenters. The molecule has 0 fully saturated rings. The van der Waals surface area contributed by atoms with Gasteiger partial charge in [0.05, 0.1) is 9.99 Å². The lowest BCUT2D eigenvalue weighted by Crippen LogP contribution is -1.93. The number of hydrogen-bond donors (Lipinski definition) is 0. The van der Waals surface area contributed by atoms with E-state index in [4.69, 9.17) is 0 Å². The fourth-order valence-corrected chi connectivity index (χ4v) is 2.17. The minimum atomic E-state index is 0.350. The van der Waals surface area contributed by atoms with Crippen LogP contribution in [0.3, 0.4) is 0 Å². The SMILES string of the molecule is O=Cc1nc(Br)c2cccnc2c1Br. The molecule has 5 heteroatoms. The van der Waals surface area contributed by atoms with Crippen molar-refractivity contribution in [2.45, 2.75) is 0 Å². The number of fused-ring (bicyclic) bond motifs is 1. The zero-order valence-corrected chi connectivity index (χ0v) is 10.0. The molecule has 0 aliphatic carbocycles. The second-order valence-electron chi connectivity index (χ2n) is 2.62. The Morgan fingerprint density at radius 2 is 2.14 bits per heavy atom. The standard InChI is InChI=1S/C9H4Br2N2O/c10-7-6(4-14)13-9(11)5-2-1-3-12-8(5)7/h1-4H. The quantitative estimate of drug-likeness (QED) is 0.600. The van der Waals surface area contributed by atoms with E-state index < -0.39 is 0 Å². The maximum atomic E-state index is 10.7. The second-order valence-corrected chi connectivity index (χ2v) is 4.16. The van der Waals surface area contributed by atoms with E-state index in [0.717, 1.165) is 10.9 Å². The van der Waals surface area contributed by atoms with Crippen LogP contribution in [0.5, 0.6) is 0 Å². The lowest BCUT2D eigenvalue weighted by molar-refractivity contribution is 0.111. The molecule has 0 saturated heterocycles. The molecule has 0 saturated carbocycles. The molecule has 0 radical (unpaired) electrons. The van der Waals surface area contributed by atoms with Gasteiger partial charge in [-0.3, -0.25) is 9.78 Å². The summed E-state index contributed by atoms with van der Waals surface area (Å²) in [6.45, 7) is 0. The van der Waals surface area contributed by atoms with E-state index in [2.05, 4.69) is 41.8 Å². The van der Waals surface area contributed by atoms with Gasteiger partial charge in [-0.2, -0.15) is 0 Å². The summed E-state index contributed by atoms with van der Waals surface area (Å²) < 4.78 is 1.26. The van der Waals surface area contributed by atoms with Crippen molar-refractivity contribution in [2.75, 3.05) is 0 Å². The highest BCUT2D eigenvalue weighted by molar-refractivity contribution is 9.11. The van der Waals surface area contributed by atoms with Crippen molar-refractivity contribution < 1.29 is 4.79 Å². The predicted molar refractivity (Wildman–Crippen MR) is 60.3 cm³/mol. The van der Waals surface area contributed by atoms with Gasteiger partial charge in [0.15, 0.2) is 6.29 Å². The highest BCUT2D eigenvalue weighted by Gasteiger charge is 2.10. The number of pyridine rings is 2. The molecular weight excluding hydrogens is 312 g/mol. The van der Waals surface area contributed by atoms with E-state index in [1.807, 2.05) is 12.1 Å². The van der Waals surface area contributed by atoms with Crippen LogP contribution >= 0.6 is 31.9 Å². The fourth-order valence-electron chi connectivity index (χ4n) is 1.16. The third-order valence-corrected chi connectivity index (χ3v) is 3.18. The van der Waals surface area contributed by atoms with Crippen LogP contribution in [0.4, 0.5) is 0 Å². The minimum absolute atomic E-state index is 0.350. The normalized spacial score (nSPS) is 10.4. The first kappa shape index (κ1) is 9.73. The Bertz CT molecular complexity index is 513. The number of halogens is 2. The van der Waals surface area contributed by atoms with Gasteiger partial charge >= 0.3 is 0 Å². The first-order valence-corrected chi connectivity index (χ1v) is 5.37. The zero-order chi connectivity index (χ0) is 10.1. The van der Waals surface area contributed by atoms with Crippen LogP contribution in [0, 0.1) is 0 Å². The van der Waals surface area contributed by atoms with E-state index in [1.54, 1.807) is 6.20 Å². The van der Waals surface area contributed by atoms with E-state index >= 15 is 0 Å². The Morgan fingerprint density at radius 1 is 1.36 bits per heavy atom. The van der Waals surface area contributed by atoms with Gasteiger partial charge in [-0.05, 0) is 44.0 Å². The average Bonchev–Trinajstić information content (AvgIpc) is 2.23. The number of aromatic nitrogens is 2. The third kappa shape index (κ3) is 1.46. The summed E-state index contributed by atoms with van der Waals surface area (Å²) >= 11 is 6.59. The maximum Gasteiger partial charge on any atom is 0.169 e. The van der Waals surface area contributed by atoms with Crippen LogP contribution in [0.2, 0.25) is 0 Å². The Labute approximate surface area is 96.8 Å². The molecule has 0 aliphatic heterocycles. The van der Waals surface area contributed by atoms with Crippen molar-refractivity contribution in [1.82, 2.24) is 9.97 Å². The van der Waals surface area contributed by atoms with E-state index in [1.165, 1.54) is 0 Å². The predicted octanol–water partition coefficient (Wildman–Crippen LogP) is 2.97. The maximum absolute atomic E-state index is 10.7. The molecule has 0 N–H and O–H groups in total. The van der Waals surface area contributed by atoms with Crippen molar-refractivity contribution in [2.24, 2.45) is 0 Å². The molecule has 0 spiro atoms. The van der Waals surface area contributed by atoms with Crippen LogP contribution in [-0.4, -0.2) is 16.3 Å². The fraction of sp³-hybridized carbons (Fsp3) is 0. The molecule has 3 nitrogen and oxygen atoms in total. The molecule has 2 aromatic heterocycles. The van der Waals surface area contributed by atoms with Crippen LogP contribution in [0.15, 0.2) is 27.4 Å². The number of carbonyl (C=O) groups excluding carboxylic acids is 1. The van der Waals surface area contributed by atoms with E-state index in [-0.39, 0.29) is 0 Å². The number of aldehydes is 1. The molecule has 0 aliphatic rings. The molecule has 0 amide bonds. The lowest BCUT2D eigenvalue weighted by atomic mass is 10.2. The van der Waals surface area contributed by atoms with Crippen LogP contribution in [0.1, 0.15) is 10.5 Å². The molecule has 2 aromatic rings. The summed E-state index contributed by atoms with van der Waals surface area (Å²) in [4.78, 5) is 18.9. The van der Waals surface area contributed by atoms with Gasteiger partial charge in [-0.1, -0.05) is 0 Å². The first-order valence-electron chi connectivity index (χ1n) is 3.79. The van der Waals surface area contributed by atoms with Crippen molar-refractivity contribution in [3.05, 3.63) is 33.1 Å². The molecular formula is C9H4Br2N2O. The van der Waals surface area contributed by atoms with Crippen molar-refractivity contribution in [1.29, 1.82) is 0 Å². The number of rotatable bonds is 1. The largest absolute Gasteiger partial charge is 0.296 e. The molecule has 70 valence electrons. The topological polar surface area (TPSA) is 42.9 Å². The van der Waals surface area contributed by atoms with Gasteiger partial charge in [-0.25, -0.2) is 4.98 Å². The Kier molecular flexibility index (Phi) is 2.60. The highest BCUT2D eigenvalue weighted by Crippen LogP contribution is 2.28. The van der Waals surface area contributed by atoms with Gasteiger partial charge in [0.2, 0.25) is 0 Å². The Hall–Kier alpha value is -0.810. The van der Waals surface area contributed by atoms with Crippen LogP contribution in [-0.2, 0) is 0 Å². The van der Waals surface area contributed by atoms with Crippen LogP contribution in [0.25, 0.3) is 10.9 Å². The molecule has 0 bridgehead atoms. The van der Waals surface area contributed by atoms with Gasteiger partial charge in [-0.15, -0.1) is 0 Å².